The van der Waals surface area contributed by atoms with E-state index in [9.17, 15) is 9.59 Å². The van der Waals surface area contributed by atoms with Crippen molar-refractivity contribution in [3.63, 3.8) is 0 Å². The van der Waals surface area contributed by atoms with E-state index in [0.29, 0.717) is 18.0 Å². The average Bonchev–Trinajstić information content (AvgIpc) is 3.00. The number of benzene rings is 1. The predicted octanol–water partition coefficient (Wildman–Crippen LogP) is 2.18. The number of rotatable bonds is 4. The van der Waals surface area contributed by atoms with Gasteiger partial charge in [0.15, 0.2) is 0 Å². The Hall–Kier alpha value is -3.00. The van der Waals surface area contributed by atoms with Gasteiger partial charge < -0.3 is 19.7 Å². The van der Waals surface area contributed by atoms with Gasteiger partial charge in [-0.15, -0.1) is 0 Å². The summed E-state index contributed by atoms with van der Waals surface area (Å²) in [7, 11) is 1.66. The molecule has 8 heteroatoms. The van der Waals surface area contributed by atoms with Gasteiger partial charge in [-0.25, -0.2) is 9.97 Å². The first-order chi connectivity index (χ1) is 13.9. The van der Waals surface area contributed by atoms with Crippen LogP contribution in [0.5, 0.6) is 5.75 Å². The fourth-order valence-electron chi connectivity index (χ4n) is 3.83. The van der Waals surface area contributed by atoms with E-state index in [1.165, 1.54) is 4.90 Å². The number of nitrogens with zero attached hydrogens (tertiary/aromatic N) is 3. The van der Waals surface area contributed by atoms with E-state index >= 15 is 0 Å². The molecule has 0 fully saturated rings. The number of hydrogen-bond acceptors (Lipinski definition) is 6. The zero-order valence-corrected chi connectivity index (χ0v) is 16.8. The van der Waals surface area contributed by atoms with Gasteiger partial charge in [-0.05, 0) is 25.5 Å². The van der Waals surface area contributed by atoms with Crippen molar-refractivity contribution in [3.8, 4) is 5.75 Å². The maximum absolute atomic E-state index is 12.8. The molecule has 2 atom stereocenters. The van der Waals surface area contributed by atoms with Gasteiger partial charge in [0.25, 0.3) is 11.8 Å². The first kappa shape index (κ1) is 19.3. The van der Waals surface area contributed by atoms with Gasteiger partial charge in [-0.1, -0.05) is 25.5 Å². The van der Waals surface area contributed by atoms with Crippen LogP contribution in [0.3, 0.4) is 0 Å². The van der Waals surface area contributed by atoms with Crippen LogP contribution in [0, 0.1) is 0 Å². The van der Waals surface area contributed by atoms with E-state index in [1.807, 2.05) is 19.1 Å². The third-order valence-electron chi connectivity index (χ3n) is 5.41. The maximum Gasteiger partial charge on any atom is 0.289 e. The van der Waals surface area contributed by atoms with Crippen LogP contribution in [0.2, 0.25) is 0 Å². The van der Waals surface area contributed by atoms with Crippen molar-refractivity contribution >= 4 is 17.5 Å². The zero-order valence-electron chi connectivity index (χ0n) is 16.8. The summed E-state index contributed by atoms with van der Waals surface area (Å²) in [6.45, 7) is 4.53. The van der Waals surface area contributed by atoms with Crippen molar-refractivity contribution in [2.24, 2.45) is 0 Å². The smallest absolute Gasteiger partial charge is 0.289 e. The Labute approximate surface area is 169 Å². The Morgan fingerprint density at radius 1 is 1.38 bits per heavy atom. The lowest BCUT2D eigenvalue weighted by molar-refractivity contribution is -0.120. The van der Waals surface area contributed by atoms with Crippen LogP contribution in [0.4, 0.5) is 5.69 Å². The van der Waals surface area contributed by atoms with Gasteiger partial charge in [0.2, 0.25) is 5.82 Å². The second-order valence-corrected chi connectivity index (χ2v) is 7.54. The monoisotopic (exact) mass is 396 g/mol. The molecule has 1 N–H and O–H groups in total. The van der Waals surface area contributed by atoms with E-state index in [4.69, 9.17) is 9.47 Å². The largest absolute Gasteiger partial charge is 0.489 e. The summed E-state index contributed by atoms with van der Waals surface area (Å²) in [6.07, 6.45) is 3.36. The Balaban J connectivity index is 1.54. The van der Waals surface area contributed by atoms with E-state index in [2.05, 4.69) is 22.2 Å². The van der Waals surface area contributed by atoms with Gasteiger partial charge in [-0.2, -0.15) is 0 Å². The molecule has 29 heavy (non-hydrogen) atoms. The van der Waals surface area contributed by atoms with Crippen LogP contribution in [-0.2, 0) is 21.7 Å². The minimum Gasteiger partial charge on any atom is -0.489 e. The van der Waals surface area contributed by atoms with Gasteiger partial charge in [0.1, 0.15) is 24.0 Å². The van der Waals surface area contributed by atoms with Crippen molar-refractivity contribution in [1.29, 1.82) is 0 Å². The number of carbonyl (C=O) groups is 2. The molecule has 0 unspecified atom stereocenters. The van der Waals surface area contributed by atoms with Crippen molar-refractivity contribution in [2.45, 2.75) is 44.9 Å². The number of aromatic nitrogens is 2. The average molecular weight is 396 g/mol. The summed E-state index contributed by atoms with van der Waals surface area (Å²) in [5, 5.41) is 2.72. The highest BCUT2D eigenvalue weighted by atomic mass is 16.5. The van der Waals surface area contributed by atoms with E-state index < -0.39 is 17.6 Å². The molecule has 152 valence electrons. The molecule has 0 aliphatic carbocycles. The summed E-state index contributed by atoms with van der Waals surface area (Å²) >= 11 is 0. The summed E-state index contributed by atoms with van der Waals surface area (Å²) < 4.78 is 11.6. The van der Waals surface area contributed by atoms with E-state index in [-0.39, 0.29) is 18.3 Å². The zero-order chi connectivity index (χ0) is 20.6. The Morgan fingerprint density at radius 3 is 2.97 bits per heavy atom. The van der Waals surface area contributed by atoms with Gasteiger partial charge in [0.05, 0.1) is 18.0 Å². The molecule has 0 radical (unpaired) electrons. The number of amides is 2. The summed E-state index contributed by atoms with van der Waals surface area (Å²) in [5.41, 5.74) is 1.77. The molecule has 2 aliphatic rings. The molecular formula is C21H24N4O4. The molecule has 4 rings (SSSR count). The molecule has 1 aromatic carbocycles. The first-order valence-electron chi connectivity index (χ1n) is 9.73. The van der Waals surface area contributed by atoms with Crippen LogP contribution in [0.25, 0.3) is 0 Å². The van der Waals surface area contributed by atoms with E-state index in [1.54, 1.807) is 25.4 Å². The molecule has 2 amide bonds. The number of anilines is 1. The first-order valence-corrected chi connectivity index (χ1v) is 9.73. The molecule has 8 nitrogen and oxygen atoms in total. The third kappa shape index (κ3) is 3.44. The van der Waals surface area contributed by atoms with Crippen molar-refractivity contribution in [1.82, 2.24) is 15.3 Å². The number of fused-ring (bicyclic) bond motifs is 2. The molecule has 2 aromatic rings. The number of ether oxygens (including phenoxy) is 2. The van der Waals surface area contributed by atoms with Crippen molar-refractivity contribution < 1.29 is 19.1 Å². The lowest BCUT2D eigenvalue weighted by atomic mass is 9.95. The Morgan fingerprint density at radius 2 is 2.17 bits per heavy atom. The second-order valence-electron chi connectivity index (χ2n) is 7.54. The highest BCUT2D eigenvalue weighted by Gasteiger charge is 2.38. The minimum absolute atomic E-state index is 0.0220. The van der Waals surface area contributed by atoms with Crippen LogP contribution in [0.15, 0.2) is 30.5 Å². The Bertz CT molecular complexity index is 959. The standard InChI is InChI=1S/C21H24N4O4/c1-4-9-21(2)17-13(11-29-21)10-22-18(24-17)19(26)23-14-12-28-16-8-6-5-7-15(16)25(3)20(14)27/h5-8,10,14H,4,9,11-12H2,1-3H3,(H,23,26)/t14-,21+/m0/s1. The topological polar surface area (TPSA) is 93.7 Å². The number of nitrogens with one attached hydrogen (secondary N) is 1. The van der Waals surface area contributed by atoms with E-state index in [0.717, 1.165) is 24.1 Å². The molecular weight excluding hydrogens is 372 g/mol. The Kier molecular flexibility index (Phi) is 4.96. The fraction of sp³-hybridized carbons (Fsp3) is 0.429. The highest BCUT2D eigenvalue weighted by molar-refractivity contribution is 6.02. The molecule has 0 spiro atoms. The lowest BCUT2D eigenvalue weighted by Crippen LogP contribution is -2.49. The van der Waals surface area contributed by atoms with Gasteiger partial charge in [-0.3, -0.25) is 9.59 Å². The maximum atomic E-state index is 12.8. The molecule has 3 heterocycles. The normalized spacial score (nSPS) is 23.1. The predicted molar refractivity (Wildman–Crippen MR) is 106 cm³/mol. The summed E-state index contributed by atoms with van der Waals surface area (Å²) in [4.78, 5) is 35.8. The number of para-hydroxylation sites is 2. The second kappa shape index (κ2) is 7.44. The summed E-state index contributed by atoms with van der Waals surface area (Å²) in [5.74, 6) is -0.154. The van der Waals surface area contributed by atoms with Crippen LogP contribution in [-0.4, -0.2) is 41.5 Å². The fourth-order valence-corrected chi connectivity index (χ4v) is 3.83. The van der Waals surface area contributed by atoms with Crippen molar-refractivity contribution in [3.05, 3.63) is 47.5 Å². The number of likely N-dealkylation sites (N-methyl/N-ethyl adjacent to an activating group) is 1. The molecule has 0 bridgehead atoms. The SMILES string of the molecule is CCC[C@@]1(C)OCc2cnc(C(=O)N[C@H]3COc4ccccc4N(C)C3=O)nc21. The molecule has 2 aliphatic heterocycles. The minimum atomic E-state index is -0.838. The van der Waals surface area contributed by atoms with Gasteiger partial charge >= 0.3 is 0 Å². The number of hydrogen-bond donors (Lipinski definition) is 1. The quantitative estimate of drug-likeness (QED) is 0.851. The summed E-state index contributed by atoms with van der Waals surface area (Å²) in [6, 6.07) is 6.43. The molecule has 0 saturated carbocycles. The highest BCUT2D eigenvalue weighted by Crippen LogP contribution is 2.38. The van der Waals surface area contributed by atoms with Crippen molar-refractivity contribution in [2.75, 3.05) is 18.6 Å². The van der Waals surface area contributed by atoms with Crippen LogP contribution in [0.1, 0.15) is 48.6 Å². The molecule has 1 aromatic heterocycles. The molecule has 0 saturated heterocycles. The van der Waals surface area contributed by atoms with Gasteiger partial charge in [0, 0.05) is 18.8 Å². The lowest BCUT2D eigenvalue weighted by Gasteiger charge is -2.23. The number of carbonyl (C=O) groups excluding carboxylic acids is 2. The van der Waals surface area contributed by atoms with Crippen LogP contribution >= 0.6 is 0 Å². The van der Waals surface area contributed by atoms with Crippen LogP contribution < -0.4 is 15.0 Å². The third-order valence-corrected chi connectivity index (χ3v) is 5.41.